The molecule has 0 unspecified atom stereocenters. The second-order valence-electron chi connectivity index (χ2n) is 4.69. The van der Waals surface area contributed by atoms with Crippen LogP contribution in [0.15, 0.2) is 12.1 Å². The van der Waals surface area contributed by atoms with Crippen molar-refractivity contribution >= 4 is 11.9 Å². The minimum Gasteiger partial charge on any atom is -0.469 e. The molecule has 128 valence electrons. The molecule has 0 spiro atoms. The Morgan fingerprint density at radius 3 is 2.39 bits per heavy atom. The lowest BCUT2D eigenvalue weighted by atomic mass is 10.1. The van der Waals surface area contributed by atoms with Crippen molar-refractivity contribution in [1.29, 1.82) is 0 Å². The molecule has 5 nitrogen and oxygen atoms in total. The van der Waals surface area contributed by atoms with E-state index in [0.29, 0.717) is 19.1 Å². The van der Waals surface area contributed by atoms with E-state index in [0.717, 1.165) is 6.07 Å². The van der Waals surface area contributed by atoms with Gasteiger partial charge in [-0.2, -0.15) is 0 Å². The SMILES string of the molecule is COCCCN(CCC(=O)OC)C(=O)c1ccc(F)c(F)c1F. The number of hydrogen-bond acceptors (Lipinski definition) is 4. The van der Waals surface area contributed by atoms with Gasteiger partial charge in [-0.15, -0.1) is 0 Å². The van der Waals surface area contributed by atoms with Crippen LogP contribution in [-0.2, 0) is 14.3 Å². The lowest BCUT2D eigenvalue weighted by Gasteiger charge is -2.22. The van der Waals surface area contributed by atoms with E-state index < -0.39 is 34.9 Å². The highest BCUT2D eigenvalue weighted by Crippen LogP contribution is 2.17. The molecule has 0 saturated heterocycles. The van der Waals surface area contributed by atoms with Crippen LogP contribution < -0.4 is 0 Å². The lowest BCUT2D eigenvalue weighted by molar-refractivity contribution is -0.140. The Balaban J connectivity index is 2.93. The van der Waals surface area contributed by atoms with Gasteiger partial charge < -0.3 is 14.4 Å². The molecule has 1 aromatic carbocycles. The Bertz CT molecular complexity index is 566. The van der Waals surface area contributed by atoms with Gasteiger partial charge in [-0.25, -0.2) is 13.2 Å². The molecule has 0 saturated carbocycles. The average Bonchev–Trinajstić information content (AvgIpc) is 2.55. The molecular weight excluding hydrogens is 315 g/mol. The third kappa shape index (κ3) is 5.24. The van der Waals surface area contributed by atoms with E-state index in [1.807, 2.05) is 0 Å². The summed E-state index contributed by atoms with van der Waals surface area (Å²) in [6.45, 7) is 0.484. The Morgan fingerprint density at radius 1 is 1.09 bits per heavy atom. The van der Waals surface area contributed by atoms with Gasteiger partial charge in [0.2, 0.25) is 0 Å². The summed E-state index contributed by atoms with van der Waals surface area (Å²) in [5.74, 6) is -6.01. The number of esters is 1. The van der Waals surface area contributed by atoms with Gasteiger partial charge in [0, 0.05) is 26.8 Å². The first-order valence-electron chi connectivity index (χ1n) is 6.90. The number of benzene rings is 1. The van der Waals surface area contributed by atoms with Gasteiger partial charge in [0.05, 0.1) is 19.1 Å². The molecule has 0 aromatic heterocycles. The van der Waals surface area contributed by atoms with E-state index in [1.165, 1.54) is 19.1 Å². The summed E-state index contributed by atoms with van der Waals surface area (Å²) in [6, 6.07) is 1.55. The molecule has 0 N–H and O–H groups in total. The summed E-state index contributed by atoms with van der Waals surface area (Å²) in [4.78, 5) is 24.7. The van der Waals surface area contributed by atoms with Gasteiger partial charge >= 0.3 is 5.97 Å². The van der Waals surface area contributed by atoms with Crippen molar-refractivity contribution in [2.45, 2.75) is 12.8 Å². The van der Waals surface area contributed by atoms with Crippen molar-refractivity contribution in [3.05, 3.63) is 35.1 Å². The summed E-state index contributed by atoms with van der Waals surface area (Å²) in [7, 11) is 2.68. The van der Waals surface area contributed by atoms with Gasteiger partial charge in [0.1, 0.15) is 0 Å². The first kappa shape index (κ1) is 19.0. The molecule has 1 rings (SSSR count). The molecular formula is C15H18F3NO4. The predicted octanol–water partition coefficient (Wildman–Crippen LogP) is 2.15. The Kier molecular flexibility index (Phi) is 7.53. The van der Waals surface area contributed by atoms with Gasteiger partial charge in [-0.05, 0) is 18.6 Å². The zero-order chi connectivity index (χ0) is 17.4. The highest BCUT2D eigenvalue weighted by Gasteiger charge is 2.23. The van der Waals surface area contributed by atoms with E-state index in [4.69, 9.17) is 4.74 Å². The summed E-state index contributed by atoms with van der Waals surface area (Å²) in [6.07, 6.45) is 0.342. The van der Waals surface area contributed by atoms with Crippen molar-refractivity contribution in [3.63, 3.8) is 0 Å². The van der Waals surface area contributed by atoms with Gasteiger partial charge in [-0.1, -0.05) is 0 Å². The van der Waals surface area contributed by atoms with Crippen LogP contribution in [0.2, 0.25) is 0 Å². The second-order valence-corrected chi connectivity index (χ2v) is 4.69. The number of hydrogen-bond donors (Lipinski definition) is 0. The number of nitrogens with zero attached hydrogens (tertiary/aromatic N) is 1. The molecule has 8 heteroatoms. The largest absolute Gasteiger partial charge is 0.469 e. The van der Waals surface area contributed by atoms with Crippen LogP contribution in [0.5, 0.6) is 0 Å². The van der Waals surface area contributed by atoms with E-state index in [2.05, 4.69) is 4.74 Å². The van der Waals surface area contributed by atoms with Crippen LogP contribution in [0, 0.1) is 17.5 Å². The number of halogens is 3. The van der Waals surface area contributed by atoms with Crippen molar-refractivity contribution in [1.82, 2.24) is 4.90 Å². The average molecular weight is 333 g/mol. The van der Waals surface area contributed by atoms with Crippen LogP contribution in [0.25, 0.3) is 0 Å². The number of rotatable bonds is 8. The normalized spacial score (nSPS) is 10.5. The molecule has 0 aliphatic rings. The van der Waals surface area contributed by atoms with Gasteiger partial charge in [-0.3, -0.25) is 9.59 Å². The Morgan fingerprint density at radius 2 is 1.78 bits per heavy atom. The number of carbonyl (C=O) groups excluding carboxylic acids is 2. The Labute approximate surface area is 132 Å². The summed E-state index contributed by atoms with van der Waals surface area (Å²) in [5.41, 5.74) is -0.591. The first-order valence-corrected chi connectivity index (χ1v) is 6.90. The first-order chi connectivity index (χ1) is 10.9. The summed E-state index contributed by atoms with van der Waals surface area (Å²) < 4.78 is 49.3. The number of carbonyl (C=O) groups is 2. The smallest absolute Gasteiger partial charge is 0.307 e. The van der Waals surface area contributed by atoms with E-state index >= 15 is 0 Å². The molecule has 0 bridgehead atoms. The molecule has 0 aliphatic heterocycles. The number of methoxy groups -OCH3 is 2. The van der Waals surface area contributed by atoms with Crippen molar-refractivity contribution in [2.75, 3.05) is 33.9 Å². The number of amides is 1. The maximum absolute atomic E-state index is 13.7. The Hall–Kier alpha value is -2.09. The van der Waals surface area contributed by atoms with Crippen LogP contribution in [-0.4, -0.2) is 50.7 Å². The van der Waals surface area contributed by atoms with Crippen molar-refractivity contribution in [2.24, 2.45) is 0 Å². The molecule has 23 heavy (non-hydrogen) atoms. The van der Waals surface area contributed by atoms with Gasteiger partial charge in [0.25, 0.3) is 5.91 Å². The standard InChI is InChI=1S/C15H18F3NO4/c1-22-9-3-7-19(8-6-12(20)23-2)15(21)10-4-5-11(16)14(18)13(10)17/h4-5H,3,6-9H2,1-2H3. The fraction of sp³-hybridized carbons (Fsp3) is 0.467. The molecule has 0 atom stereocenters. The highest BCUT2D eigenvalue weighted by molar-refractivity contribution is 5.94. The third-order valence-electron chi connectivity index (χ3n) is 3.14. The van der Waals surface area contributed by atoms with Gasteiger partial charge in [0.15, 0.2) is 17.5 Å². The zero-order valence-electron chi connectivity index (χ0n) is 12.9. The summed E-state index contributed by atoms with van der Waals surface area (Å²) >= 11 is 0. The fourth-order valence-corrected chi connectivity index (χ4v) is 1.90. The van der Waals surface area contributed by atoms with E-state index in [1.54, 1.807) is 0 Å². The maximum atomic E-state index is 13.7. The fourth-order valence-electron chi connectivity index (χ4n) is 1.90. The highest BCUT2D eigenvalue weighted by atomic mass is 19.2. The van der Waals surface area contributed by atoms with Crippen molar-refractivity contribution < 1.29 is 32.2 Å². The van der Waals surface area contributed by atoms with E-state index in [-0.39, 0.29) is 19.5 Å². The zero-order valence-corrected chi connectivity index (χ0v) is 12.9. The quantitative estimate of drug-likeness (QED) is 0.416. The molecule has 0 radical (unpaired) electrons. The molecule has 0 heterocycles. The molecule has 0 aliphatic carbocycles. The summed E-state index contributed by atoms with van der Waals surface area (Å²) in [5, 5.41) is 0. The minimum absolute atomic E-state index is 0.0341. The van der Waals surface area contributed by atoms with Crippen LogP contribution >= 0.6 is 0 Å². The molecule has 1 amide bonds. The second kappa shape index (κ2) is 9.14. The molecule has 0 fully saturated rings. The topological polar surface area (TPSA) is 55.8 Å². The lowest BCUT2D eigenvalue weighted by Crippen LogP contribution is -2.35. The molecule has 1 aromatic rings. The third-order valence-corrected chi connectivity index (χ3v) is 3.14. The van der Waals surface area contributed by atoms with Crippen LogP contribution in [0.1, 0.15) is 23.2 Å². The predicted molar refractivity (Wildman–Crippen MR) is 75.3 cm³/mol. The van der Waals surface area contributed by atoms with Crippen LogP contribution in [0.3, 0.4) is 0 Å². The monoisotopic (exact) mass is 333 g/mol. The van der Waals surface area contributed by atoms with Crippen molar-refractivity contribution in [3.8, 4) is 0 Å². The van der Waals surface area contributed by atoms with E-state index in [9.17, 15) is 22.8 Å². The maximum Gasteiger partial charge on any atom is 0.307 e. The minimum atomic E-state index is -1.71. The number of ether oxygens (including phenoxy) is 2. The van der Waals surface area contributed by atoms with Crippen LogP contribution in [0.4, 0.5) is 13.2 Å².